The molecule has 14 heteroatoms. The van der Waals surface area contributed by atoms with E-state index >= 15 is 0 Å². The van der Waals surface area contributed by atoms with Crippen molar-refractivity contribution < 1.29 is 31.5 Å². The largest absolute Gasteiger partial charge is 0.476 e. The number of alkyl halides is 2. The number of benzene rings is 2. The van der Waals surface area contributed by atoms with Gasteiger partial charge in [-0.25, -0.2) is 41.2 Å². The molecule has 9 nitrogen and oxygen atoms in total. The Balaban J connectivity index is 1.49. The number of nitrogens with two attached hydrogens (primary N) is 1. The first-order valence-corrected chi connectivity index (χ1v) is 15.6. The summed E-state index contributed by atoms with van der Waals surface area (Å²) in [4.78, 5) is 16.8. The zero-order valence-corrected chi connectivity index (χ0v) is 23.8. The second-order valence-electron chi connectivity index (χ2n) is 10.7. The van der Waals surface area contributed by atoms with Crippen LogP contribution in [0.1, 0.15) is 46.6 Å². The van der Waals surface area contributed by atoms with Crippen molar-refractivity contribution in [1.82, 2.24) is 14.8 Å². The molecule has 4 aromatic rings. The minimum atomic E-state index is -4.25. The number of carboxylic acids is 1. The molecule has 2 aromatic heterocycles. The molecule has 0 bridgehead atoms. The molecule has 3 N–H and O–H groups in total. The maximum atomic E-state index is 14.8. The van der Waals surface area contributed by atoms with E-state index in [0.29, 0.717) is 40.0 Å². The lowest BCUT2D eigenvalue weighted by molar-refractivity contribution is 0.0257. The van der Waals surface area contributed by atoms with Crippen LogP contribution >= 0.6 is 11.3 Å². The van der Waals surface area contributed by atoms with Gasteiger partial charge in [0, 0.05) is 41.6 Å². The van der Waals surface area contributed by atoms with E-state index in [2.05, 4.69) is 4.98 Å². The first-order chi connectivity index (χ1) is 19.9. The molecular formula is C28H26F3N5O4S2. The highest BCUT2D eigenvalue weighted by Gasteiger charge is 2.38. The van der Waals surface area contributed by atoms with E-state index in [1.165, 1.54) is 11.4 Å². The number of carbonyl (C=O) groups is 1. The number of rotatable bonds is 9. The van der Waals surface area contributed by atoms with E-state index in [0.717, 1.165) is 47.6 Å². The highest BCUT2D eigenvalue weighted by Crippen LogP contribution is 2.39. The lowest BCUT2D eigenvalue weighted by atomic mass is 9.96. The molecule has 220 valence electrons. The van der Waals surface area contributed by atoms with Gasteiger partial charge >= 0.3 is 5.97 Å². The van der Waals surface area contributed by atoms with Gasteiger partial charge in [0.1, 0.15) is 10.7 Å². The molecule has 3 heterocycles. The van der Waals surface area contributed by atoms with Gasteiger partial charge in [-0.3, -0.25) is 0 Å². The molecule has 2 fully saturated rings. The van der Waals surface area contributed by atoms with E-state index in [-0.39, 0.29) is 25.1 Å². The summed E-state index contributed by atoms with van der Waals surface area (Å²) in [5.74, 6) is -4.55. The molecule has 0 radical (unpaired) electrons. The first-order valence-electron chi connectivity index (χ1n) is 13.2. The fraction of sp³-hybridized carbons (Fsp3) is 0.321. The van der Waals surface area contributed by atoms with Crippen LogP contribution in [0.5, 0.6) is 0 Å². The third kappa shape index (κ3) is 5.78. The Labute approximate surface area is 243 Å². The summed E-state index contributed by atoms with van der Waals surface area (Å²) in [7, 11) is -4.25. The van der Waals surface area contributed by atoms with Crippen LogP contribution < -0.4 is 10.0 Å². The smallest absolute Gasteiger partial charge is 0.355 e. The average Bonchev–Trinajstić information content (AvgIpc) is 3.30. The molecular weight excluding hydrogens is 591 g/mol. The van der Waals surface area contributed by atoms with Crippen molar-refractivity contribution in [3.8, 4) is 16.4 Å². The van der Waals surface area contributed by atoms with Crippen molar-refractivity contribution in [2.24, 2.45) is 11.1 Å². The van der Waals surface area contributed by atoms with E-state index in [9.17, 15) is 31.5 Å². The molecule has 1 saturated carbocycles. The maximum Gasteiger partial charge on any atom is 0.355 e. The Morgan fingerprint density at radius 2 is 1.98 bits per heavy atom. The summed E-state index contributed by atoms with van der Waals surface area (Å²) in [6.45, 7) is -0.186. The summed E-state index contributed by atoms with van der Waals surface area (Å²) >= 11 is 1.12. The van der Waals surface area contributed by atoms with Gasteiger partial charge in [0.05, 0.1) is 17.9 Å². The minimum Gasteiger partial charge on any atom is -0.476 e. The monoisotopic (exact) mass is 617 g/mol. The van der Waals surface area contributed by atoms with Gasteiger partial charge in [0.2, 0.25) is 15.2 Å². The van der Waals surface area contributed by atoms with Gasteiger partial charge in [-0.1, -0.05) is 18.2 Å². The van der Waals surface area contributed by atoms with Crippen LogP contribution in [0.2, 0.25) is 0 Å². The fourth-order valence-electron chi connectivity index (χ4n) is 5.22. The molecule has 0 spiro atoms. The standard InChI is InChI=1S/C28H26F3N5O4S2/c29-21-11-17(6-7-24(21)42(32,39)40)10-20-23(12-16-4-5-16)36(27-33-22(14-41-27)26(37)38)34-25(20)18-2-1-3-19(13-18)35-9-8-28(30,31)15-35/h1-3,6-7,11,13-14,16H,4-5,8-10,12,15H2,(H,37,38)(H2,32,39,40). The molecule has 1 aliphatic heterocycles. The number of anilines is 1. The highest BCUT2D eigenvalue weighted by molar-refractivity contribution is 7.89. The van der Waals surface area contributed by atoms with E-state index in [1.807, 2.05) is 6.07 Å². The van der Waals surface area contributed by atoms with Crippen LogP contribution in [0.3, 0.4) is 0 Å². The normalized spacial score (nSPS) is 16.7. The van der Waals surface area contributed by atoms with Crippen LogP contribution in [0, 0.1) is 11.7 Å². The molecule has 6 rings (SSSR count). The van der Waals surface area contributed by atoms with Gasteiger partial charge in [-0.2, -0.15) is 5.10 Å². The fourth-order valence-corrected chi connectivity index (χ4v) is 6.58. The number of aromatic carboxylic acids is 1. The van der Waals surface area contributed by atoms with Crippen LogP contribution in [-0.2, 0) is 22.9 Å². The summed E-state index contributed by atoms with van der Waals surface area (Å²) in [6, 6.07) is 10.8. The van der Waals surface area contributed by atoms with Gasteiger partial charge in [-0.15, -0.1) is 11.3 Å². The third-order valence-corrected chi connectivity index (χ3v) is 9.26. The van der Waals surface area contributed by atoms with Crippen molar-refractivity contribution in [1.29, 1.82) is 0 Å². The number of aromatic nitrogens is 3. The number of sulfonamides is 1. The number of primary sulfonamides is 1. The number of thiazole rings is 1. The minimum absolute atomic E-state index is 0.122. The zero-order valence-electron chi connectivity index (χ0n) is 22.1. The van der Waals surface area contributed by atoms with E-state index in [1.54, 1.807) is 27.8 Å². The number of carboxylic acid groups (broad SMARTS) is 1. The van der Waals surface area contributed by atoms with Gasteiger partial charge in [0.25, 0.3) is 5.92 Å². The summed E-state index contributed by atoms with van der Waals surface area (Å²) in [6.07, 6.45) is 2.56. The van der Waals surface area contributed by atoms with Crippen LogP contribution in [0.4, 0.5) is 18.9 Å². The Bertz CT molecular complexity index is 1800. The number of halogens is 3. The van der Waals surface area contributed by atoms with E-state index < -0.39 is 39.2 Å². The predicted molar refractivity (Wildman–Crippen MR) is 150 cm³/mol. The highest BCUT2D eigenvalue weighted by atomic mass is 32.2. The van der Waals surface area contributed by atoms with Gasteiger partial charge in [0.15, 0.2) is 5.69 Å². The Kier molecular flexibility index (Phi) is 7.10. The Morgan fingerprint density at radius 3 is 2.60 bits per heavy atom. The van der Waals surface area contributed by atoms with Crippen molar-refractivity contribution in [2.45, 2.75) is 42.9 Å². The second-order valence-corrected chi connectivity index (χ2v) is 13.1. The Hall–Kier alpha value is -3.75. The summed E-state index contributed by atoms with van der Waals surface area (Å²) in [5.41, 5.74) is 3.61. The molecule has 2 aliphatic rings. The molecule has 0 unspecified atom stereocenters. The quantitative estimate of drug-likeness (QED) is 0.274. The zero-order chi connectivity index (χ0) is 29.8. The molecule has 1 aliphatic carbocycles. The molecule has 2 aromatic carbocycles. The van der Waals surface area contributed by atoms with Gasteiger partial charge < -0.3 is 10.0 Å². The van der Waals surface area contributed by atoms with Crippen molar-refractivity contribution in [3.63, 3.8) is 0 Å². The predicted octanol–water partition coefficient (Wildman–Crippen LogP) is 4.87. The average molecular weight is 618 g/mol. The number of hydrogen-bond acceptors (Lipinski definition) is 7. The maximum absolute atomic E-state index is 14.8. The van der Waals surface area contributed by atoms with Crippen LogP contribution in [-0.4, -0.2) is 53.3 Å². The third-order valence-electron chi connectivity index (χ3n) is 7.50. The first kappa shape index (κ1) is 28.4. The van der Waals surface area contributed by atoms with Crippen LogP contribution in [0.15, 0.2) is 52.7 Å². The van der Waals surface area contributed by atoms with E-state index in [4.69, 9.17) is 10.2 Å². The molecule has 0 amide bonds. The lowest BCUT2D eigenvalue weighted by Crippen LogP contribution is -2.24. The molecule has 1 saturated heterocycles. The number of hydrogen-bond donors (Lipinski definition) is 2. The van der Waals surface area contributed by atoms with Gasteiger partial charge in [-0.05, 0) is 55.0 Å². The van der Waals surface area contributed by atoms with Crippen molar-refractivity contribution in [3.05, 3.63) is 76.2 Å². The van der Waals surface area contributed by atoms with Crippen molar-refractivity contribution in [2.75, 3.05) is 18.0 Å². The lowest BCUT2D eigenvalue weighted by Gasteiger charge is -2.19. The SMILES string of the molecule is NS(=O)(=O)c1ccc(Cc2c(-c3cccc(N4CCC(F)(F)C4)c3)nn(-c3nc(C(=O)O)cs3)c2CC2CC2)cc1F. The summed E-state index contributed by atoms with van der Waals surface area (Å²) in [5, 5.41) is 21.2. The van der Waals surface area contributed by atoms with Crippen molar-refractivity contribution >= 4 is 33.0 Å². The molecule has 0 atom stereocenters. The van der Waals surface area contributed by atoms with Crippen LogP contribution in [0.25, 0.3) is 16.4 Å². The Morgan fingerprint density at radius 1 is 1.19 bits per heavy atom. The topological polar surface area (TPSA) is 131 Å². The second kappa shape index (κ2) is 10.5. The molecule has 42 heavy (non-hydrogen) atoms. The summed E-state index contributed by atoms with van der Waals surface area (Å²) < 4.78 is 67.9. The number of nitrogens with zero attached hydrogens (tertiary/aromatic N) is 4.